The number of carbonyl (C=O) groups excluding carboxylic acids is 1. The lowest BCUT2D eigenvalue weighted by molar-refractivity contribution is -0.127. The number of alkyl halides is 3. The molecule has 0 N–H and O–H groups in total. The smallest absolute Gasteiger partial charge is 0.393 e. The van der Waals surface area contributed by atoms with Crippen molar-refractivity contribution in [1.82, 2.24) is 9.38 Å². The number of pyridine rings is 1. The molecule has 7 heteroatoms. The first-order valence-electron chi connectivity index (χ1n) is 5.02. The van der Waals surface area contributed by atoms with Gasteiger partial charge in [0, 0.05) is 6.20 Å². The van der Waals surface area contributed by atoms with Crippen molar-refractivity contribution in [2.45, 2.75) is 12.6 Å². The van der Waals surface area contributed by atoms with E-state index in [0.29, 0.717) is 5.52 Å². The van der Waals surface area contributed by atoms with Gasteiger partial charge in [0.05, 0.1) is 25.2 Å². The highest BCUT2D eigenvalue weighted by Crippen LogP contribution is 2.22. The number of ether oxygens (including phenoxy) is 1. The molecule has 2 rings (SSSR count). The number of carbonyl (C=O) groups is 1. The van der Waals surface area contributed by atoms with Gasteiger partial charge >= 0.3 is 12.1 Å². The minimum absolute atomic E-state index is 0.0449. The van der Waals surface area contributed by atoms with Crippen LogP contribution >= 0.6 is 0 Å². The predicted octanol–water partition coefficient (Wildman–Crippen LogP) is 2.23. The first-order chi connectivity index (χ1) is 8.40. The van der Waals surface area contributed by atoms with Crippen LogP contribution in [0, 0.1) is 0 Å². The Hall–Kier alpha value is -2.05. The van der Waals surface area contributed by atoms with Gasteiger partial charge in [-0.2, -0.15) is 13.2 Å². The average molecular weight is 258 g/mol. The highest BCUT2D eigenvalue weighted by Gasteiger charge is 2.28. The zero-order chi connectivity index (χ0) is 13.3. The van der Waals surface area contributed by atoms with Gasteiger partial charge in [-0.1, -0.05) is 6.07 Å². The Morgan fingerprint density at radius 2 is 2.17 bits per heavy atom. The van der Waals surface area contributed by atoms with E-state index in [2.05, 4.69) is 9.72 Å². The summed E-state index contributed by atoms with van der Waals surface area (Å²) in [5, 5.41) is 0. The molecule has 4 nitrogen and oxygen atoms in total. The molecule has 2 heterocycles. The Bertz CT molecular complexity index is 589. The minimum Gasteiger partial charge on any atom is -0.463 e. The number of fused-ring (bicyclic) bond motifs is 1. The third kappa shape index (κ3) is 2.44. The summed E-state index contributed by atoms with van der Waals surface area (Å²) in [6.07, 6.45) is -2.72. The molecule has 96 valence electrons. The van der Waals surface area contributed by atoms with Gasteiger partial charge in [-0.15, -0.1) is 0 Å². The molecule has 0 aliphatic heterocycles. The second-order valence-electron chi connectivity index (χ2n) is 3.70. The Labute approximate surface area is 100 Å². The van der Waals surface area contributed by atoms with Gasteiger partial charge < -0.3 is 4.74 Å². The number of halogens is 3. The van der Waals surface area contributed by atoms with E-state index in [1.54, 1.807) is 0 Å². The molecule has 0 fully saturated rings. The predicted molar refractivity (Wildman–Crippen MR) is 56.3 cm³/mol. The van der Waals surface area contributed by atoms with E-state index < -0.39 is 18.6 Å². The van der Waals surface area contributed by atoms with Gasteiger partial charge in [0.25, 0.3) is 0 Å². The van der Waals surface area contributed by atoms with Crippen LogP contribution in [0.25, 0.3) is 5.52 Å². The fourth-order valence-corrected chi connectivity index (χ4v) is 1.61. The topological polar surface area (TPSA) is 43.6 Å². The largest absolute Gasteiger partial charge is 0.463 e. The van der Waals surface area contributed by atoms with Crippen molar-refractivity contribution in [3.05, 3.63) is 35.9 Å². The lowest BCUT2D eigenvalue weighted by atomic mass is 10.2. The molecule has 0 aliphatic carbocycles. The van der Waals surface area contributed by atoms with Crippen LogP contribution in [0.2, 0.25) is 0 Å². The molecule has 0 saturated heterocycles. The fourth-order valence-electron chi connectivity index (χ4n) is 1.61. The Kier molecular flexibility index (Phi) is 2.98. The van der Waals surface area contributed by atoms with Crippen molar-refractivity contribution in [2.24, 2.45) is 0 Å². The molecule has 18 heavy (non-hydrogen) atoms. The van der Waals surface area contributed by atoms with Gasteiger partial charge in [0.15, 0.2) is 0 Å². The van der Waals surface area contributed by atoms with Crippen LogP contribution in [-0.4, -0.2) is 28.6 Å². The molecule has 2 aromatic heterocycles. The van der Waals surface area contributed by atoms with Crippen molar-refractivity contribution < 1.29 is 22.7 Å². The molecule has 0 unspecified atom stereocenters. The highest BCUT2D eigenvalue weighted by atomic mass is 19.4. The molecule has 0 aromatic carbocycles. The lowest BCUT2D eigenvalue weighted by Gasteiger charge is -2.07. The van der Waals surface area contributed by atoms with Crippen molar-refractivity contribution in [2.75, 3.05) is 7.11 Å². The van der Waals surface area contributed by atoms with E-state index in [1.165, 1.54) is 36.0 Å². The van der Waals surface area contributed by atoms with Crippen LogP contribution in [0.3, 0.4) is 0 Å². The molecular formula is C11H9F3N2O2. The number of hydrogen-bond acceptors (Lipinski definition) is 3. The zero-order valence-electron chi connectivity index (χ0n) is 9.36. The molecule has 0 spiro atoms. The minimum atomic E-state index is -4.29. The van der Waals surface area contributed by atoms with Gasteiger partial charge in [0.1, 0.15) is 0 Å². The first-order valence-corrected chi connectivity index (χ1v) is 5.02. The van der Waals surface area contributed by atoms with E-state index in [1.807, 2.05) is 0 Å². The van der Waals surface area contributed by atoms with Crippen molar-refractivity contribution in [3.8, 4) is 0 Å². The monoisotopic (exact) mass is 258 g/mol. The summed E-state index contributed by atoms with van der Waals surface area (Å²) in [6.45, 7) is 0. The molecule has 0 bridgehead atoms. The van der Waals surface area contributed by atoms with Gasteiger partial charge in [-0.05, 0) is 11.6 Å². The second-order valence-corrected chi connectivity index (χ2v) is 3.70. The summed E-state index contributed by atoms with van der Waals surface area (Å²) in [5.74, 6) is -0.740. The summed E-state index contributed by atoms with van der Waals surface area (Å²) in [5.41, 5.74) is 0.583. The second kappa shape index (κ2) is 4.32. The van der Waals surface area contributed by atoms with E-state index in [4.69, 9.17) is 0 Å². The van der Waals surface area contributed by atoms with Gasteiger partial charge in [-0.25, -0.2) is 9.78 Å². The molecule has 0 aliphatic rings. The summed E-state index contributed by atoms with van der Waals surface area (Å²) in [7, 11) is 1.18. The zero-order valence-corrected chi connectivity index (χ0v) is 9.36. The Morgan fingerprint density at radius 3 is 2.78 bits per heavy atom. The average Bonchev–Trinajstić information content (AvgIpc) is 2.69. The van der Waals surface area contributed by atoms with E-state index in [9.17, 15) is 18.0 Å². The number of nitrogens with zero attached hydrogens (tertiary/aromatic N) is 2. The van der Waals surface area contributed by atoms with Crippen LogP contribution < -0.4 is 0 Å². The third-order valence-corrected chi connectivity index (χ3v) is 2.36. The molecular weight excluding hydrogens is 249 g/mol. The highest BCUT2D eigenvalue weighted by molar-refractivity contribution is 5.86. The summed E-state index contributed by atoms with van der Waals surface area (Å²) < 4.78 is 42.6. The number of methoxy groups -OCH3 is 1. The maximum absolute atomic E-state index is 12.3. The van der Waals surface area contributed by atoms with E-state index >= 15 is 0 Å². The van der Waals surface area contributed by atoms with E-state index in [-0.39, 0.29) is 11.4 Å². The fraction of sp³-hybridized carbons (Fsp3) is 0.273. The lowest BCUT2D eigenvalue weighted by Crippen LogP contribution is -2.13. The van der Waals surface area contributed by atoms with Gasteiger partial charge in [0.2, 0.25) is 5.82 Å². The van der Waals surface area contributed by atoms with Gasteiger partial charge in [-0.3, -0.25) is 4.40 Å². The molecule has 0 amide bonds. The Balaban J connectivity index is 2.45. The SMILES string of the molecule is COC(=O)c1ncc2ccc(CC(F)(F)F)cn12. The van der Waals surface area contributed by atoms with E-state index in [0.717, 1.165) is 0 Å². The number of aromatic nitrogens is 2. The number of imidazole rings is 1. The van der Waals surface area contributed by atoms with Crippen LogP contribution in [0.15, 0.2) is 24.5 Å². The maximum atomic E-state index is 12.3. The van der Waals surface area contributed by atoms with Crippen LogP contribution in [0.5, 0.6) is 0 Å². The van der Waals surface area contributed by atoms with Crippen molar-refractivity contribution in [1.29, 1.82) is 0 Å². The molecule has 0 radical (unpaired) electrons. The van der Waals surface area contributed by atoms with Crippen LogP contribution in [-0.2, 0) is 11.2 Å². The van der Waals surface area contributed by atoms with Crippen LogP contribution in [0.4, 0.5) is 13.2 Å². The first kappa shape index (κ1) is 12.4. The standard InChI is InChI=1S/C11H9F3N2O2/c1-18-10(17)9-15-5-8-3-2-7(6-16(8)9)4-11(12,13)14/h2-3,5-6H,4H2,1H3. The summed E-state index contributed by atoms with van der Waals surface area (Å²) >= 11 is 0. The van der Waals surface area contributed by atoms with Crippen molar-refractivity contribution >= 4 is 11.5 Å². The third-order valence-electron chi connectivity index (χ3n) is 2.36. The molecule has 0 atom stereocenters. The quantitative estimate of drug-likeness (QED) is 0.776. The van der Waals surface area contributed by atoms with Crippen molar-refractivity contribution in [3.63, 3.8) is 0 Å². The Morgan fingerprint density at radius 1 is 1.44 bits per heavy atom. The number of hydrogen-bond donors (Lipinski definition) is 0. The summed E-state index contributed by atoms with van der Waals surface area (Å²) in [6, 6.07) is 2.83. The molecule has 2 aromatic rings. The molecule has 0 saturated carbocycles. The maximum Gasteiger partial charge on any atom is 0.393 e. The normalized spacial score (nSPS) is 11.8. The van der Waals surface area contributed by atoms with Crippen LogP contribution in [0.1, 0.15) is 16.2 Å². The summed E-state index contributed by atoms with van der Waals surface area (Å²) in [4.78, 5) is 15.2. The number of esters is 1. The number of rotatable bonds is 2.